The molecule has 0 saturated carbocycles. The summed E-state index contributed by atoms with van der Waals surface area (Å²) in [5.41, 5.74) is 1.83. The molecule has 1 fully saturated rings. The van der Waals surface area contributed by atoms with Crippen LogP contribution in [0.3, 0.4) is 0 Å². The quantitative estimate of drug-likeness (QED) is 0.0405. The standard InChI is InChI=1S/C31H34IN4O7/c1-5-14-40-31(39)28-23(20(3)27-26(29(37)36(27)28)21(4)30(38)43-42-15-6-2)18-41-25-9-8-22(16-24(25)32)17-35-13-12-34(19-35)11-7-10-33/h5-6,8-9,12-13,16,19-21,26-27H,1-2,7,11,14-15,17-18H2,3-4H3/q+1/t20-,21?,26?,27?/m0/s1. The molecule has 1 saturated heterocycles. The van der Waals surface area contributed by atoms with Crippen molar-refractivity contribution < 1.29 is 38.2 Å². The predicted octanol–water partition coefficient (Wildman–Crippen LogP) is 3.48. The fraction of sp³-hybridized carbons (Fsp3) is 0.387. The van der Waals surface area contributed by atoms with Crippen LogP contribution in [0.2, 0.25) is 0 Å². The zero-order valence-electron chi connectivity index (χ0n) is 24.1. The van der Waals surface area contributed by atoms with E-state index >= 15 is 0 Å². The largest absolute Gasteiger partial charge is 0.488 e. The van der Waals surface area contributed by atoms with Crippen LogP contribution in [0.25, 0.3) is 0 Å². The summed E-state index contributed by atoms with van der Waals surface area (Å²) in [5.74, 6) is -2.80. The van der Waals surface area contributed by atoms with Crippen molar-refractivity contribution in [2.75, 3.05) is 19.8 Å². The second kappa shape index (κ2) is 14.5. The first-order chi connectivity index (χ1) is 20.7. The van der Waals surface area contributed by atoms with Gasteiger partial charge in [0.15, 0.2) is 0 Å². The van der Waals surface area contributed by atoms with E-state index in [9.17, 15) is 14.4 Å². The number of nitriles is 1. The molecule has 4 rings (SSSR count). The van der Waals surface area contributed by atoms with E-state index in [0.29, 0.717) is 30.8 Å². The second-order valence-electron chi connectivity index (χ2n) is 10.3. The van der Waals surface area contributed by atoms with Crippen molar-refractivity contribution in [3.8, 4) is 11.8 Å². The van der Waals surface area contributed by atoms with Gasteiger partial charge in [0, 0.05) is 11.5 Å². The minimum absolute atomic E-state index is 0.0105. The average molecular weight is 702 g/mol. The molecule has 0 N–H and O–H groups in total. The number of carbonyl (C=O) groups is 3. The summed E-state index contributed by atoms with van der Waals surface area (Å²) in [6.45, 7) is 12.0. The van der Waals surface area contributed by atoms with E-state index in [1.54, 1.807) is 6.92 Å². The summed E-state index contributed by atoms with van der Waals surface area (Å²) in [6.07, 6.45) is 9.20. The summed E-state index contributed by atoms with van der Waals surface area (Å²) in [6, 6.07) is 7.59. The number of hydrogen-bond donors (Lipinski definition) is 0. The summed E-state index contributed by atoms with van der Waals surface area (Å²) in [5, 5.41) is 8.80. The monoisotopic (exact) mass is 701 g/mol. The third kappa shape index (κ3) is 7.00. The Kier molecular flexibility index (Phi) is 10.8. The van der Waals surface area contributed by atoms with Crippen molar-refractivity contribution >= 4 is 40.4 Å². The van der Waals surface area contributed by atoms with Gasteiger partial charge in [0.1, 0.15) is 56.8 Å². The number of fused-ring (bicyclic) bond motifs is 1. The molecule has 3 heterocycles. The Bertz CT molecular complexity index is 1480. The molecule has 0 spiro atoms. The molecule has 2 aliphatic heterocycles. The van der Waals surface area contributed by atoms with Gasteiger partial charge < -0.3 is 14.4 Å². The number of benzene rings is 1. The number of β-lactam (4-membered cyclic amide) rings is 1. The van der Waals surface area contributed by atoms with Crippen LogP contribution in [0, 0.1) is 32.7 Å². The average Bonchev–Trinajstić information content (AvgIpc) is 3.53. The number of imidazole rings is 1. The van der Waals surface area contributed by atoms with Gasteiger partial charge in [-0.25, -0.2) is 18.7 Å². The number of halogens is 1. The molecular formula is C31H34IN4O7+. The molecule has 4 atom stereocenters. The highest BCUT2D eigenvalue weighted by Gasteiger charge is 2.61. The maximum Gasteiger partial charge on any atom is 0.355 e. The first-order valence-corrected chi connectivity index (χ1v) is 14.9. The van der Waals surface area contributed by atoms with Crippen LogP contribution >= 0.6 is 22.6 Å². The Morgan fingerprint density at radius 1 is 1.26 bits per heavy atom. The van der Waals surface area contributed by atoms with Crippen LogP contribution in [0.15, 0.2) is 73.5 Å². The Morgan fingerprint density at radius 2 is 2.02 bits per heavy atom. The van der Waals surface area contributed by atoms with Gasteiger partial charge in [-0.05, 0) is 40.3 Å². The molecule has 1 aromatic carbocycles. The minimum atomic E-state index is -0.790. The maximum absolute atomic E-state index is 13.3. The van der Waals surface area contributed by atoms with E-state index in [1.165, 1.54) is 17.1 Å². The summed E-state index contributed by atoms with van der Waals surface area (Å²) in [7, 11) is 0. The van der Waals surface area contributed by atoms with Crippen LogP contribution in [0.5, 0.6) is 5.75 Å². The number of rotatable bonds is 15. The van der Waals surface area contributed by atoms with Crippen molar-refractivity contribution in [2.45, 2.75) is 39.4 Å². The molecule has 0 radical (unpaired) electrons. The van der Waals surface area contributed by atoms with Crippen molar-refractivity contribution in [1.29, 1.82) is 5.26 Å². The molecule has 43 heavy (non-hydrogen) atoms. The first kappa shape index (κ1) is 32.0. The van der Waals surface area contributed by atoms with Crippen molar-refractivity contribution in [1.82, 2.24) is 9.47 Å². The van der Waals surface area contributed by atoms with Crippen LogP contribution < -0.4 is 9.30 Å². The van der Waals surface area contributed by atoms with Gasteiger partial charge in [-0.2, -0.15) is 10.1 Å². The highest BCUT2D eigenvalue weighted by Crippen LogP contribution is 2.49. The molecule has 12 heteroatoms. The third-order valence-corrected chi connectivity index (χ3v) is 8.37. The van der Waals surface area contributed by atoms with Crippen molar-refractivity contribution in [2.24, 2.45) is 17.8 Å². The Hall–Kier alpha value is -3.96. The van der Waals surface area contributed by atoms with E-state index in [2.05, 4.69) is 41.8 Å². The van der Waals surface area contributed by atoms with E-state index in [0.717, 1.165) is 9.13 Å². The third-order valence-electron chi connectivity index (χ3n) is 7.53. The number of ether oxygens (including phenoxy) is 2. The van der Waals surface area contributed by atoms with Gasteiger partial charge in [-0.15, -0.1) is 6.58 Å². The molecule has 1 amide bonds. The lowest BCUT2D eigenvalue weighted by Crippen LogP contribution is -2.63. The van der Waals surface area contributed by atoms with Crippen molar-refractivity contribution in [3.63, 3.8) is 0 Å². The van der Waals surface area contributed by atoms with E-state index in [4.69, 9.17) is 24.5 Å². The second-order valence-corrected chi connectivity index (χ2v) is 11.5. The zero-order chi connectivity index (χ0) is 31.1. The van der Waals surface area contributed by atoms with E-state index in [1.807, 2.05) is 53.0 Å². The lowest BCUT2D eigenvalue weighted by Gasteiger charge is -2.47. The van der Waals surface area contributed by atoms with Crippen LogP contribution in [0.4, 0.5) is 0 Å². The highest BCUT2D eigenvalue weighted by atomic mass is 127. The number of esters is 1. The van der Waals surface area contributed by atoms with Crippen LogP contribution in [-0.2, 0) is 42.0 Å². The Balaban J connectivity index is 1.49. The minimum Gasteiger partial charge on any atom is -0.488 e. The number of nitrogens with zero attached hydrogens (tertiary/aromatic N) is 4. The van der Waals surface area contributed by atoms with Gasteiger partial charge in [-0.3, -0.25) is 9.68 Å². The number of amides is 1. The fourth-order valence-corrected chi connectivity index (χ4v) is 6.11. The lowest BCUT2D eigenvalue weighted by molar-refractivity contribution is -0.687. The number of aromatic nitrogens is 2. The first-order valence-electron chi connectivity index (χ1n) is 13.8. The smallest absolute Gasteiger partial charge is 0.355 e. The number of hydrogen-bond acceptors (Lipinski definition) is 8. The summed E-state index contributed by atoms with van der Waals surface area (Å²) >= 11 is 2.21. The summed E-state index contributed by atoms with van der Waals surface area (Å²) in [4.78, 5) is 50.1. The molecule has 3 unspecified atom stereocenters. The zero-order valence-corrected chi connectivity index (χ0v) is 26.3. The van der Waals surface area contributed by atoms with Gasteiger partial charge in [-0.1, -0.05) is 38.6 Å². The van der Waals surface area contributed by atoms with E-state index in [-0.39, 0.29) is 37.3 Å². The maximum atomic E-state index is 13.3. The Labute approximate surface area is 264 Å². The van der Waals surface area contributed by atoms with E-state index < -0.39 is 29.8 Å². The molecule has 11 nitrogen and oxygen atoms in total. The van der Waals surface area contributed by atoms with Gasteiger partial charge in [0.2, 0.25) is 12.2 Å². The van der Waals surface area contributed by atoms with Crippen LogP contribution in [0.1, 0.15) is 25.8 Å². The number of aryl methyl sites for hydroxylation is 1. The molecule has 226 valence electrons. The Morgan fingerprint density at radius 3 is 2.72 bits per heavy atom. The lowest BCUT2D eigenvalue weighted by atomic mass is 9.74. The summed E-state index contributed by atoms with van der Waals surface area (Å²) < 4.78 is 16.4. The highest BCUT2D eigenvalue weighted by molar-refractivity contribution is 14.1. The van der Waals surface area contributed by atoms with Crippen LogP contribution in [-0.4, -0.2) is 53.2 Å². The predicted molar refractivity (Wildman–Crippen MR) is 161 cm³/mol. The van der Waals surface area contributed by atoms with Gasteiger partial charge in [0.25, 0.3) is 0 Å². The molecule has 2 aromatic rings. The normalized spacial score (nSPS) is 19.6. The molecule has 0 bridgehead atoms. The topological polar surface area (TPSA) is 124 Å². The van der Waals surface area contributed by atoms with Crippen molar-refractivity contribution in [3.05, 3.63) is 82.6 Å². The molecule has 1 aromatic heterocycles. The van der Waals surface area contributed by atoms with Gasteiger partial charge >= 0.3 is 11.9 Å². The number of carbonyl (C=O) groups excluding carboxylic acids is 3. The molecular weight excluding hydrogens is 667 g/mol. The SMILES string of the molecule is C=CCOOC(=O)C(C)C1C(=O)N2C(C(=O)OCC=C)=C(COc3ccc(C[n+]4ccn(CCC#N)c4)cc3I)[C@H](C)C12. The van der Waals surface area contributed by atoms with Gasteiger partial charge in [0.05, 0.1) is 33.9 Å². The fourth-order valence-electron chi connectivity index (χ4n) is 5.38. The molecule has 2 aliphatic rings. The molecule has 0 aliphatic carbocycles.